The maximum absolute atomic E-state index is 12.9. The fraction of sp³-hybridized carbons (Fsp3) is 0.227. The Labute approximate surface area is 204 Å². The van der Waals surface area contributed by atoms with E-state index in [0.29, 0.717) is 26.9 Å². The number of aromatic nitrogens is 5. The Morgan fingerprint density at radius 3 is 2.79 bits per heavy atom. The Bertz CT molecular complexity index is 1300. The lowest BCUT2D eigenvalue weighted by atomic mass is 10.2. The SMILES string of the molecule is Cc1c(Cl)cccc1-n1ncc2c(O[C@@H](COCCO)C(=O)Nc3ccc(Cl)cn3)ncnc21. The Morgan fingerprint density at radius 1 is 1.18 bits per heavy atom. The number of aliphatic hydroxyl groups is 1. The lowest BCUT2D eigenvalue weighted by Gasteiger charge is -2.18. The van der Waals surface area contributed by atoms with Crippen LogP contribution in [-0.2, 0) is 9.53 Å². The van der Waals surface area contributed by atoms with Crippen LogP contribution in [0.1, 0.15) is 5.56 Å². The number of hydrogen-bond acceptors (Lipinski definition) is 8. The molecule has 0 aliphatic rings. The fourth-order valence-electron chi connectivity index (χ4n) is 3.13. The summed E-state index contributed by atoms with van der Waals surface area (Å²) in [5.41, 5.74) is 2.06. The van der Waals surface area contributed by atoms with Crippen LogP contribution in [0.3, 0.4) is 0 Å². The molecule has 0 aliphatic heterocycles. The third-order valence-electron chi connectivity index (χ3n) is 4.83. The lowest BCUT2D eigenvalue weighted by molar-refractivity contribution is -0.125. The number of carbonyl (C=O) groups excluding carboxylic acids is 1. The summed E-state index contributed by atoms with van der Waals surface area (Å²) in [5, 5.41) is 17.6. The van der Waals surface area contributed by atoms with Crippen molar-refractivity contribution < 1.29 is 19.4 Å². The van der Waals surface area contributed by atoms with Gasteiger partial charge >= 0.3 is 0 Å². The molecule has 0 radical (unpaired) electrons. The summed E-state index contributed by atoms with van der Waals surface area (Å²) in [5.74, 6) is -0.0763. The molecule has 3 aromatic heterocycles. The van der Waals surface area contributed by atoms with Crippen molar-refractivity contribution in [1.29, 1.82) is 0 Å². The summed E-state index contributed by atoms with van der Waals surface area (Å²) in [6.45, 7) is 1.59. The molecule has 3 heterocycles. The summed E-state index contributed by atoms with van der Waals surface area (Å²) in [6.07, 6.45) is 3.18. The largest absolute Gasteiger partial charge is 0.461 e. The number of nitrogens with zero attached hydrogens (tertiary/aromatic N) is 5. The van der Waals surface area contributed by atoms with Crippen molar-refractivity contribution in [2.75, 3.05) is 25.1 Å². The number of ether oxygens (including phenoxy) is 2. The van der Waals surface area contributed by atoms with Crippen LogP contribution < -0.4 is 10.1 Å². The standard InChI is InChI=1S/C22H20Cl2N6O4/c1-13-16(24)3-2-4-17(13)30-20-15(10-28-30)22(27-12-26-20)34-18(11-33-8-7-31)21(32)29-19-6-5-14(23)9-25-19/h2-6,9-10,12,18,31H,7-8,11H2,1H3,(H,25,29,32)/t18-/m0/s1. The summed E-state index contributed by atoms with van der Waals surface area (Å²) in [4.78, 5) is 25.5. The first kappa shape index (κ1) is 23.8. The van der Waals surface area contributed by atoms with Gasteiger partial charge in [-0.2, -0.15) is 5.10 Å². The molecule has 1 atom stereocenters. The van der Waals surface area contributed by atoms with E-state index < -0.39 is 12.0 Å². The highest BCUT2D eigenvalue weighted by atomic mass is 35.5. The summed E-state index contributed by atoms with van der Waals surface area (Å²) >= 11 is 12.1. The molecule has 34 heavy (non-hydrogen) atoms. The molecule has 0 unspecified atom stereocenters. The second-order valence-corrected chi connectivity index (χ2v) is 7.96. The number of anilines is 1. The van der Waals surface area contributed by atoms with Crippen molar-refractivity contribution in [3.05, 3.63) is 64.7 Å². The maximum Gasteiger partial charge on any atom is 0.269 e. The van der Waals surface area contributed by atoms with Gasteiger partial charge in [0.1, 0.15) is 17.5 Å². The van der Waals surface area contributed by atoms with Crippen LogP contribution in [0.4, 0.5) is 5.82 Å². The molecule has 1 amide bonds. The zero-order chi connectivity index (χ0) is 24.1. The minimum atomic E-state index is -1.10. The molecule has 4 aromatic rings. The maximum atomic E-state index is 12.9. The monoisotopic (exact) mass is 502 g/mol. The van der Waals surface area contributed by atoms with Gasteiger partial charge in [0, 0.05) is 11.2 Å². The van der Waals surface area contributed by atoms with Crippen LogP contribution in [0, 0.1) is 6.92 Å². The quantitative estimate of drug-likeness (QED) is 0.334. The van der Waals surface area contributed by atoms with E-state index in [-0.39, 0.29) is 25.7 Å². The van der Waals surface area contributed by atoms with Gasteiger partial charge in [0.25, 0.3) is 5.91 Å². The highest BCUT2D eigenvalue weighted by Crippen LogP contribution is 2.28. The molecular formula is C22H20Cl2N6O4. The number of fused-ring (bicyclic) bond motifs is 1. The Morgan fingerprint density at radius 2 is 2.03 bits per heavy atom. The van der Waals surface area contributed by atoms with E-state index in [2.05, 4.69) is 25.4 Å². The van der Waals surface area contributed by atoms with Gasteiger partial charge in [-0.3, -0.25) is 4.79 Å². The van der Waals surface area contributed by atoms with Crippen molar-refractivity contribution in [2.45, 2.75) is 13.0 Å². The lowest BCUT2D eigenvalue weighted by Crippen LogP contribution is -2.37. The number of aliphatic hydroxyl groups excluding tert-OH is 1. The Kier molecular flexibility index (Phi) is 7.53. The van der Waals surface area contributed by atoms with Crippen molar-refractivity contribution in [2.24, 2.45) is 0 Å². The van der Waals surface area contributed by atoms with E-state index in [1.807, 2.05) is 19.1 Å². The number of rotatable bonds is 9. The average molecular weight is 503 g/mol. The second-order valence-electron chi connectivity index (χ2n) is 7.11. The predicted octanol–water partition coefficient (Wildman–Crippen LogP) is 3.22. The van der Waals surface area contributed by atoms with Gasteiger partial charge in [-0.15, -0.1) is 0 Å². The molecule has 0 saturated heterocycles. The average Bonchev–Trinajstić information content (AvgIpc) is 3.26. The van der Waals surface area contributed by atoms with Crippen molar-refractivity contribution in [3.63, 3.8) is 0 Å². The molecule has 0 aliphatic carbocycles. The van der Waals surface area contributed by atoms with Crippen LogP contribution >= 0.6 is 23.2 Å². The van der Waals surface area contributed by atoms with Gasteiger partial charge in [0.2, 0.25) is 12.0 Å². The van der Waals surface area contributed by atoms with Crippen molar-refractivity contribution in [3.8, 4) is 11.6 Å². The van der Waals surface area contributed by atoms with Gasteiger partial charge in [-0.05, 0) is 36.8 Å². The highest BCUT2D eigenvalue weighted by Gasteiger charge is 2.24. The summed E-state index contributed by atoms with van der Waals surface area (Å²) in [7, 11) is 0. The van der Waals surface area contributed by atoms with E-state index >= 15 is 0 Å². The topological polar surface area (TPSA) is 124 Å². The molecule has 0 fully saturated rings. The number of amides is 1. The van der Waals surface area contributed by atoms with Crippen molar-refractivity contribution >= 4 is 46.0 Å². The minimum Gasteiger partial charge on any atom is -0.461 e. The third-order valence-corrected chi connectivity index (χ3v) is 5.46. The number of nitrogens with one attached hydrogen (secondary N) is 1. The minimum absolute atomic E-state index is 0.0392. The van der Waals surface area contributed by atoms with E-state index in [1.54, 1.807) is 29.1 Å². The molecule has 10 nitrogen and oxygen atoms in total. The van der Waals surface area contributed by atoms with E-state index in [4.69, 9.17) is 37.8 Å². The molecule has 0 saturated carbocycles. The van der Waals surface area contributed by atoms with Gasteiger partial charge in [0.05, 0.1) is 36.7 Å². The van der Waals surface area contributed by atoms with Gasteiger partial charge in [-0.25, -0.2) is 19.6 Å². The molecule has 2 N–H and O–H groups in total. The smallest absolute Gasteiger partial charge is 0.269 e. The van der Waals surface area contributed by atoms with Gasteiger partial charge in [-0.1, -0.05) is 29.3 Å². The first-order valence-electron chi connectivity index (χ1n) is 10.2. The zero-order valence-corrected chi connectivity index (χ0v) is 19.5. The molecule has 0 bridgehead atoms. The molecular weight excluding hydrogens is 483 g/mol. The van der Waals surface area contributed by atoms with Crippen LogP contribution in [0.15, 0.2) is 49.1 Å². The van der Waals surface area contributed by atoms with Crippen LogP contribution in [-0.4, -0.2) is 61.7 Å². The van der Waals surface area contributed by atoms with E-state index in [1.165, 1.54) is 12.5 Å². The molecule has 4 rings (SSSR count). The molecule has 176 valence electrons. The van der Waals surface area contributed by atoms with E-state index in [0.717, 1.165) is 11.3 Å². The zero-order valence-electron chi connectivity index (χ0n) is 18.0. The second kappa shape index (κ2) is 10.7. The first-order valence-corrected chi connectivity index (χ1v) is 11.0. The van der Waals surface area contributed by atoms with Gasteiger partial charge in [0.15, 0.2) is 5.65 Å². The Balaban J connectivity index is 1.62. The molecule has 0 spiro atoms. The fourth-order valence-corrected chi connectivity index (χ4v) is 3.41. The predicted molar refractivity (Wildman–Crippen MR) is 127 cm³/mol. The number of pyridine rings is 1. The summed E-state index contributed by atoms with van der Waals surface area (Å²) in [6, 6.07) is 8.64. The Hall–Kier alpha value is -3.31. The van der Waals surface area contributed by atoms with Gasteiger partial charge < -0.3 is 19.9 Å². The summed E-state index contributed by atoms with van der Waals surface area (Å²) < 4.78 is 12.9. The molecule has 12 heteroatoms. The third kappa shape index (κ3) is 5.26. The molecule has 1 aromatic carbocycles. The highest BCUT2D eigenvalue weighted by molar-refractivity contribution is 6.31. The number of hydrogen-bond donors (Lipinski definition) is 2. The van der Waals surface area contributed by atoms with Crippen LogP contribution in [0.2, 0.25) is 10.0 Å². The normalized spacial score (nSPS) is 12.0. The van der Waals surface area contributed by atoms with Crippen LogP contribution in [0.25, 0.3) is 16.7 Å². The van der Waals surface area contributed by atoms with E-state index in [9.17, 15) is 4.79 Å². The van der Waals surface area contributed by atoms with Crippen LogP contribution in [0.5, 0.6) is 5.88 Å². The number of carbonyl (C=O) groups is 1. The number of benzene rings is 1. The number of halogens is 2. The van der Waals surface area contributed by atoms with Crippen molar-refractivity contribution in [1.82, 2.24) is 24.7 Å². The first-order chi connectivity index (χ1) is 16.5.